The number of nitrogens with one attached hydrogen (secondary N) is 1. The first-order valence-electron chi connectivity index (χ1n) is 5.99. The van der Waals surface area contributed by atoms with Crippen molar-refractivity contribution in [3.63, 3.8) is 0 Å². The molecule has 0 saturated carbocycles. The number of hydrogen-bond donors (Lipinski definition) is 1. The Kier molecular flexibility index (Phi) is 3.08. The summed E-state index contributed by atoms with van der Waals surface area (Å²) in [5, 5.41) is 10.1. The first-order chi connectivity index (χ1) is 9.72. The molecule has 0 aromatic carbocycles. The van der Waals surface area contributed by atoms with Crippen LogP contribution in [0.2, 0.25) is 0 Å². The van der Waals surface area contributed by atoms with Crippen LogP contribution in [0.1, 0.15) is 16.2 Å². The Balaban J connectivity index is 1.63. The van der Waals surface area contributed by atoms with Gasteiger partial charge in [0.1, 0.15) is 5.76 Å². The lowest BCUT2D eigenvalue weighted by atomic mass is 10.3. The number of aryl methyl sites for hydroxylation is 1. The minimum Gasteiger partial charge on any atom is -0.461 e. The van der Waals surface area contributed by atoms with Crippen LogP contribution in [0, 0.1) is 0 Å². The van der Waals surface area contributed by atoms with Crippen molar-refractivity contribution in [1.82, 2.24) is 20.3 Å². The van der Waals surface area contributed by atoms with Crippen LogP contribution in [0.5, 0.6) is 0 Å². The molecule has 102 valence electrons. The van der Waals surface area contributed by atoms with Crippen molar-refractivity contribution < 1.29 is 13.6 Å². The predicted molar refractivity (Wildman–Crippen MR) is 68.6 cm³/mol. The molecule has 20 heavy (non-hydrogen) atoms. The molecular weight excluding hydrogens is 260 g/mol. The topological polar surface area (TPSA) is 86.1 Å². The van der Waals surface area contributed by atoms with Crippen LogP contribution in [0.3, 0.4) is 0 Å². The Labute approximate surface area is 114 Å². The number of aromatic nitrogens is 3. The minimum atomic E-state index is -0.297. The van der Waals surface area contributed by atoms with Crippen LogP contribution in [0.15, 0.2) is 45.6 Å². The summed E-state index contributed by atoms with van der Waals surface area (Å²) in [5.41, 5.74) is 0.269. The molecule has 7 nitrogen and oxygen atoms in total. The minimum absolute atomic E-state index is 0.269. The molecule has 7 heteroatoms. The molecule has 0 bridgehead atoms. The van der Waals surface area contributed by atoms with Crippen molar-refractivity contribution >= 4 is 5.91 Å². The molecule has 3 aromatic heterocycles. The van der Waals surface area contributed by atoms with Gasteiger partial charge in [-0.2, -0.15) is 0 Å². The van der Waals surface area contributed by atoms with Crippen molar-refractivity contribution in [3.8, 4) is 11.5 Å². The number of carbonyl (C=O) groups is 1. The zero-order valence-electron chi connectivity index (χ0n) is 10.7. The number of nitrogens with zero attached hydrogens (tertiary/aromatic N) is 3. The highest BCUT2D eigenvalue weighted by Gasteiger charge is 2.11. The normalized spacial score (nSPS) is 10.7. The molecule has 0 saturated heterocycles. The van der Waals surface area contributed by atoms with E-state index >= 15 is 0 Å². The highest BCUT2D eigenvalue weighted by molar-refractivity contribution is 5.91. The molecule has 0 aliphatic carbocycles. The fourth-order valence-electron chi connectivity index (χ4n) is 1.73. The molecule has 0 spiro atoms. The molecule has 3 rings (SSSR count). The van der Waals surface area contributed by atoms with Gasteiger partial charge >= 0.3 is 0 Å². The Hall–Kier alpha value is -2.83. The Morgan fingerprint density at radius 1 is 1.35 bits per heavy atom. The third-order valence-corrected chi connectivity index (χ3v) is 2.68. The number of amides is 1. The molecule has 0 unspecified atom stereocenters. The SMILES string of the molecule is Cn1cc(C(=O)NCc2ccc(-c3ccco3)o2)nn1. The van der Waals surface area contributed by atoms with Gasteiger partial charge in [-0.3, -0.25) is 9.48 Å². The van der Waals surface area contributed by atoms with E-state index in [4.69, 9.17) is 8.83 Å². The van der Waals surface area contributed by atoms with Crippen LogP contribution in [0.25, 0.3) is 11.5 Å². The molecule has 1 amide bonds. The standard InChI is InChI=1S/C13H12N4O3/c1-17-8-10(15-16-17)13(18)14-7-9-4-5-12(20-9)11-3-2-6-19-11/h2-6,8H,7H2,1H3,(H,14,18). The van der Waals surface area contributed by atoms with E-state index < -0.39 is 0 Å². The number of hydrogen-bond acceptors (Lipinski definition) is 5. The second-order valence-corrected chi connectivity index (χ2v) is 4.20. The molecule has 0 aliphatic heterocycles. The largest absolute Gasteiger partial charge is 0.461 e. The zero-order chi connectivity index (χ0) is 13.9. The quantitative estimate of drug-likeness (QED) is 0.779. The first-order valence-corrected chi connectivity index (χ1v) is 5.99. The van der Waals surface area contributed by atoms with E-state index in [2.05, 4.69) is 15.6 Å². The van der Waals surface area contributed by atoms with Crippen molar-refractivity contribution in [2.24, 2.45) is 7.05 Å². The van der Waals surface area contributed by atoms with Crippen LogP contribution >= 0.6 is 0 Å². The Morgan fingerprint density at radius 2 is 2.25 bits per heavy atom. The van der Waals surface area contributed by atoms with E-state index in [0.29, 0.717) is 17.3 Å². The maximum absolute atomic E-state index is 11.8. The van der Waals surface area contributed by atoms with Crippen LogP contribution < -0.4 is 5.32 Å². The van der Waals surface area contributed by atoms with E-state index in [9.17, 15) is 4.79 Å². The average Bonchev–Trinajstić information content (AvgIpc) is 3.16. The lowest BCUT2D eigenvalue weighted by molar-refractivity contribution is 0.0943. The zero-order valence-corrected chi connectivity index (χ0v) is 10.7. The van der Waals surface area contributed by atoms with Crippen LogP contribution in [-0.2, 0) is 13.6 Å². The van der Waals surface area contributed by atoms with E-state index in [0.717, 1.165) is 0 Å². The van der Waals surface area contributed by atoms with Gasteiger partial charge in [-0.05, 0) is 24.3 Å². The summed E-state index contributed by atoms with van der Waals surface area (Å²) in [5.74, 6) is 1.61. The van der Waals surface area contributed by atoms with Gasteiger partial charge in [-0.25, -0.2) is 0 Å². The Morgan fingerprint density at radius 3 is 2.95 bits per heavy atom. The molecule has 3 heterocycles. The fraction of sp³-hybridized carbons (Fsp3) is 0.154. The summed E-state index contributed by atoms with van der Waals surface area (Å²) in [7, 11) is 1.70. The third kappa shape index (κ3) is 2.46. The summed E-state index contributed by atoms with van der Waals surface area (Å²) in [6.45, 7) is 0.274. The first kappa shape index (κ1) is 12.2. The van der Waals surface area contributed by atoms with E-state index in [1.54, 1.807) is 43.8 Å². The Bertz CT molecular complexity index is 712. The van der Waals surface area contributed by atoms with Gasteiger partial charge < -0.3 is 14.2 Å². The van der Waals surface area contributed by atoms with Gasteiger partial charge in [0.05, 0.1) is 19.0 Å². The highest BCUT2D eigenvalue weighted by atomic mass is 16.4. The third-order valence-electron chi connectivity index (χ3n) is 2.68. The summed E-state index contributed by atoms with van der Waals surface area (Å²) in [6.07, 6.45) is 3.12. The lowest BCUT2D eigenvalue weighted by Crippen LogP contribution is -2.22. The fourth-order valence-corrected chi connectivity index (χ4v) is 1.73. The maximum Gasteiger partial charge on any atom is 0.273 e. The molecule has 0 aliphatic rings. The van der Waals surface area contributed by atoms with Crippen molar-refractivity contribution in [1.29, 1.82) is 0 Å². The van der Waals surface area contributed by atoms with Crippen LogP contribution in [0.4, 0.5) is 0 Å². The summed E-state index contributed by atoms with van der Waals surface area (Å²) in [6, 6.07) is 7.17. The lowest BCUT2D eigenvalue weighted by Gasteiger charge is -1.99. The number of rotatable bonds is 4. The predicted octanol–water partition coefficient (Wildman–Crippen LogP) is 1.60. The van der Waals surface area contributed by atoms with Gasteiger partial charge in [0, 0.05) is 7.05 Å². The second-order valence-electron chi connectivity index (χ2n) is 4.20. The van der Waals surface area contributed by atoms with Crippen LogP contribution in [-0.4, -0.2) is 20.9 Å². The van der Waals surface area contributed by atoms with E-state index in [1.165, 1.54) is 4.68 Å². The van der Waals surface area contributed by atoms with Gasteiger partial charge in [-0.1, -0.05) is 5.21 Å². The van der Waals surface area contributed by atoms with Gasteiger partial charge in [0.15, 0.2) is 17.2 Å². The molecule has 1 N–H and O–H groups in total. The van der Waals surface area contributed by atoms with Crippen molar-refractivity contribution in [2.45, 2.75) is 6.54 Å². The molecule has 0 fully saturated rings. The summed E-state index contributed by atoms with van der Waals surface area (Å²) in [4.78, 5) is 11.8. The van der Waals surface area contributed by atoms with Gasteiger partial charge in [-0.15, -0.1) is 5.10 Å². The second kappa shape index (κ2) is 5.04. The molecular formula is C13H12N4O3. The van der Waals surface area contributed by atoms with Crippen molar-refractivity contribution in [2.75, 3.05) is 0 Å². The van der Waals surface area contributed by atoms with E-state index in [1.807, 2.05) is 0 Å². The van der Waals surface area contributed by atoms with Gasteiger partial charge in [0.25, 0.3) is 5.91 Å². The molecule has 0 atom stereocenters. The van der Waals surface area contributed by atoms with Crippen molar-refractivity contribution in [3.05, 3.63) is 48.2 Å². The van der Waals surface area contributed by atoms with E-state index in [-0.39, 0.29) is 18.1 Å². The summed E-state index contributed by atoms with van der Waals surface area (Å²) >= 11 is 0. The molecule has 3 aromatic rings. The summed E-state index contributed by atoms with van der Waals surface area (Å²) < 4.78 is 12.3. The highest BCUT2D eigenvalue weighted by Crippen LogP contribution is 2.22. The number of furan rings is 2. The monoisotopic (exact) mass is 272 g/mol. The molecule has 0 radical (unpaired) electrons. The number of carbonyl (C=O) groups excluding carboxylic acids is 1. The average molecular weight is 272 g/mol. The van der Waals surface area contributed by atoms with Gasteiger partial charge in [0.2, 0.25) is 0 Å². The maximum atomic E-state index is 11.8. The smallest absolute Gasteiger partial charge is 0.273 e.